The molecule has 2 atom stereocenters. The maximum atomic E-state index is 5.68. The first kappa shape index (κ1) is 7.35. The normalized spacial score (nSPS) is 42.4. The fraction of sp³-hybridized carbons (Fsp3) is 0.800. The molecule has 0 amide bonds. The van der Waals surface area contributed by atoms with Gasteiger partial charge in [-0.2, -0.15) is 0 Å². The van der Waals surface area contributed by atoms with E-state index >= 15 is 0 Å². The van der Waals surface area contributed by atoms with Gasteiger partial charge in [0.05, 0.1) is 6.10 Å². The summed E-state index contributed by atoms with van der Waals surface area (Å²) in [4.78, 5) is 0. The molecule has 0 aromatic rings. The summed E-state index contributed by atoms with van der Waals surface area (Å²) in [5, 5.41) is 0. The Hall–Kier alpha value is -0.300. The van der Waals surface area contributed by atoms with Crippen LogP contribution in [0.15, 0.2) is 12.7 Å². The maximum absolute atomic E-state index is 5.68. The van der Waals surface area contributed by atoms with Gasteiger partial charge in [-0.3, -0.25) is 0 Å². The first-order valence-electron chi connectivity index (χ1n) is 4.60. The van der Waals surface area contributed by atoms with Crippen molar-refractivity contribution >= 4 is 0 Å². The van der Waals surface area contributed by atoms with Gasteiger partial charge in [0.15, 0.2) is 0 Å². The van der Waals surface area contributed by atoms with Crippen LogP contribution in [0.2, 0.25) is 0 Å². The lowest BCUT2D eigenvalue weighted by atomic mass is 9.80. The van der Waals surface area contributed by atoms with Crippen molar-refractivity contribution in [2.24, 2.45) is 5.41 Å². The van der Waals surface area contributed by atoms with Crippen LogP contribution in [0.5, 0.6) is 0 Å². The summed E-state index contributed by atoms with van der Waals surface area (Å²) in [5.74, 6) is 0. The van der Waals surface area contributed by atoms with E-state index in [0.29, 0.717) is 11.5 Å². The zero-order valence-corrected chi connectivity index (χ0v) is 7.01. The van der Waals surface area contributed by atoms with E-state index in [9.17, 15) is 0 Å². The van der Waals surface area contributed by atoms with Gasteiger partial charge in [0.2, 0.25) is 0 Å². The number of ether oxygens (including phenoxy) is 1. The summed E-state index contributed by atoms with van der Waals surface area (Å²) in [7, 11) is 0. The number of fused-ring (bicyclic) bond motifs is 1. The molecular formula is C10H16O. The van der Waals surface area contributed by atoms with Crippen molar-refractivity contribution in [3.8, 4) is 0 Å². The van der Waals surface area contributed by atoms with Crippen LogP contribution in [0.3, 0.4) is 0 Å². The predicted molar refractivity (Wildman–Crippen MR) is 45.5 cm³/mol. The quantitative estimate of drug-likeness (QED) is 0.552. The molecule has 0 N–H and O–H groups in total. The summed E-state index contributed by atoms with van der Waals surface area (Å²) >= 11 is 0. The Bertz CT molecular complexity index is 152. The minimum absolute atomic E-state index is 0.516. The predicted octanol–water partition coefficient (Wildman–Crippen LogP) is 2.52. The molecule has 1 saturated heterocycles. The van der Waals surface area contributed by atoms with Crippen LogP contribution in [0.1, 0.15) is 32.1 Å². The van der Waals surface area contributed by atoms with Crippen LogP contribution in [-0.2, 0) is 4.74 Å². The molecule has 1 aliphatic carbocycles. The average Bonchev–Trinajstić information content (AvgIpc) is 2.45. The zero-order valence-electron chi connectivity index (χ0n) is 7.01. The summed E-state index contributed by atoms with van der Waals surface area (Å²) in [6.07, 6.45) is 9.07. The van der Waals surface area contributed by atoms with E-state index in [2.05, 4.69) is 12.7 Å². The highest BCUT2D eigenvalue weighted by atomic mass is 16.5. The van der Waals surface area contributed by atoms with Crippen LogP contribution in [0, 0.1) is 5.41 Å². The third kappa shape index (κ3) is 1.02. The average molecular weight is 152 g/mol. The third-order valence-electron chi connectivity index (χ3n) is 3.29. The van der Waals surface area contributed by atoms with Gasteiger partial charge in [-0.25, -0.2) is 0 Å². The molecule has 1 heteroatoms. The molecule has 0 radical (unpaired) electrons. The van der Waals surface area contributed by atoms with Gasteiger partial charge >= 0.3 is 0 Å². The van der Waals surface area contributed by atoms with Crippen molar-refractivity contribution in [3.63, 3.8) is 0 Å². The molecule has 1 nitrogen and oxygen atoms in total. The zero-order chi connectivity index (χ0) is 7.73. The Morgan fingerprint density at radius 2 is 2.45 bits per heavy atom. The SMILES string of the molecule is C=CC[C@@]12CCCC1OCC2. The van der Waals surface area contributed by atoms with Crippen LogP contribution < -0.4 is 0 Å². The van der Waals surface area contributed by atoms with E-state index in [-0.39, 0.29) is 0 Å². The van der Waals surface area contributed by atoms with Gasteiger partial charge in [0.25, 0.3) is 0 Å². The molecule has 0 bridgehead atoms. The molecular weight excluding hydrogens is 136 g/mol. The van der Waals surface area contributed by atoms with E-state index in [1.165, 1.54) is 25.7 Å². The van der Waals surface area contributed by atoms with Crippen LogP contribution in [-0.4, -0.2) is 12.7 Å². The monoisotopic (exact) mass is 152 g/mol. The summed E-state index contributed by atoms with van der Waals surface area (Å²) in [6.45, 7) is 4.81. The van der Waals surface area contributed by atoms with Gasteiger partial charge in [-0.1, -0.05) is 12.5 Å². The van der Waals surface area contributed by atoms with Gasteiger partial charge in [-0.05, 0) is 25.7 Å². The Balaban J connectivity index is 2.13. The van der Waals surface area contributed by atoms with Crippen molar-refractivity contribution < 1.29 is 4.74 Å². The Morgan fingerprint density at radius 1 is 1.55 bits per heavy atom. The lowest BCUT2D eigenvalue weighted by Crippen LogP contribution is -2.23. The number of hydrogen-bond acceptors (Lipinski definition) is 1. The molecule has 2 aliphatic rings. The number of allylic oxidation sites excluding steroid dienone is 1. The van der Waals surface area contributed by atoms with Crippen LogP contribution in [0.25, 0.3) is 0 Å². The number of rotatable bonds is 2. The van der Waals surface area contributed by atoms with Crippen LogP contribution in [0.4, 0.5) is 0 Å². The molecule has 0 aromatic carbocycles. The van der Waals surface area contributed by atoms with Gasteiger partial charge < -0.3 is 4.74 Å². The second kappa shape index (κ2) is 2.63. The first-order valence-corrected chi connectivity index (χ1v) is 4.60. The first-order chi connectivity index (χ1) is 5.37. The second-order valence-electron chi connectivity index (χ2n) is 3.86. The minimum Gasteiger partial charge on any atom is -0.378 e. The summed E-state index contributed by atoms with van der Waals surface area (Å²) in [5.41, 5.74) is 0.516. The van der Waals surface area contributed by atoms with E-state index in [1.807, 2.05) is 0 Å². The molecule has 11 heavy (non-hydrogen) atoms. The standard InChI is InChI=1S/C10H16O/c1-2-5-10-6-3-4-9(10)11-8-7-10/h2,9H,1,3-8H2/t9?,10-/m0/s1. The fourth-order valence-electron chi connectivity index (χ4n) is 2.68. The highest BCUT2D eigenvalue weighted by Gasteiger charge is 2.46. The minimum atomic E-state index is 0.516. The van der Waals surface area contributed by atoms with Crippen molar-refractivity contribution in [3.05, 3.63) is 12.7 Å². The molecule has 0 spiro atoms. The van der Waals surface area contributed by atoms with Crippen molar-refractivity contribution in [1.29, 1.82) is 0 Å². The Labute approximate surface area is 68.4 Å². The molecule has 1 unspecified atom stereocenters. The smallest absolute Gasteiger partial charge is 0.0635 e. The second-order valence-corrected chi connectivity index (χ2v) is 3.86. The van der Waals surface area contributed by atoms with Crippen molar-refractivity contribution in [2.75, 3.05) is 6.61 Å². The summed E-state index contributed by atoms with van der Waals surface area (Å²) in [6, 6.07) is 0. The lowest BCUT2D eigenvalue weighted by molar-refractivity contribution is 0.0713. The number of hydrogen-bond donors (Lipinski definition) is 0. The van der Waals surface area contributed by atoms with Gasteiger partial charge in [0.1, 0.15) is 0 Å². The molecule has 2 rings (SSSR count). The molecule has 0 aromatic heterocycles. The molecule has 1 aliphatic heterocycles. The topological polar surface area (TPSA) is 9.23 Å². The third-order valence-corrected chi connectivity index (χ3v) is 3.29. The largest absolute Gasteiger partial charge is 0.378 e. The summed E-state index contributed by atoms with van der Waals surface area (Å²) < 4.78 is 5.68. The molecule has 62 valence electrons. The van der Waals surface area contributed by atoms with Crippen molar-refractivity contribution in [2.45, 2.75) is 38.2 Å². The van der Waals surface area contributed by atoms with Crippen molar-refractivity contribution in [1.82, 2.24) is 0 Å². The van der Waals surface area contributed by atoms with Gasteiger partial charge in [-0.15, -0.1) is 6.58 Å². The molecule has 1 saturated carbocycles. The van der Waals surface area contributed by atoms with E-state index < -0.39 is 0 Å². The Morgan fingerprint density at radius 3 is 3.27 bits per heavy atom. The van der Waals surface area contributed by atoms with Gasteiger partial charge in [0, 0.05) is 12.0 Å². The highest BCUT2D eigenvalue weighted by Crippen LogP contribution is 2.49. The van der Waals surface area contributed by atoms with E-state index in [1.54, 1.807) is 0 Å². The van der Waals surface area contributed by atoms with Crippen LogP contribution >= 0.6 is 0 Å². The molecule has 1 heterocycles. The highest BCUT2D eigenvalue weighted by molar-refractivity contribution is 4.99. The molecule has 2 fully saturated rings. The fourth-order valence-corrected chi connectivity index (χ4v) is 2.68. The maximum Gasteiger partial charge on any atom is 0.0635 e. The van der Waals surface area contributed by atoms with E-state index in [0.717, 1.165) is 13.0 Å². The van der Waals surface area contributed by atoms with E-state index in [4.69, 9.17) is 4.74 Å². The lowest BCUT2D eigenvalue weighted by Gasteiger charge is -2.25. The Kier molecular flexibility index (Phi) is 1.76.